The van der Waals surface area contributed by atoms with Gasteiger partial charge in [-0.05, 0) is 43.7 Å². The number of hydrazone groups is 1. The minimum atomic E-state index is 0.473. The Hall–Kier alpha value is -1.63. The summed E-state index contributed by atoms with van der Waals surface area (Å²) in [5.41, 5.74) is 7.04. The van der Waals surface area contributed by atoms with Crippen molar-refractivity contribution < 1.29 is 0 Å². The second kappa shape index (κ2) is 8.29. The van der Waals surface area contributed by atoms with Gasteiger partial charge < -0.3 is 10.7 Å². The molecule has 0 atom stereocenters. The highest BCUT2D eigenvalue weighted by Crippen LogP contribution is 2.23. The predicted octanol–water partition coefficient (Wildman–Crippen LogP) is 4.03. The van der Waals surface area contributed by atoms with Crippen LogP contribution in [0.3, 0.4) is 0 Å². The first-order valence-electron chi connectivity index (χ1n) is 6.93. The first-order chi connectivity index (χ1) is 11.0. The van der Waals surface area contributed by atoms with Crippen molar-refractivity contribution in [2.75, 3.05) is 11.2 Å². The molecule has 120 valence electrons. The van der Waals surface area contributed by atoms with Gasteiger partial charge in [0.1, 0.15) is 4.99 Å². The molecule has 0 aliphatic rings. The molecule has 0 unspecified atom stereocenters. The SMILES string of the molecule is CC(=NNCS)c1ccc(C(=S)Nc2ccc(C)cc2Cl)cn1. The van der Waals surface area contributed by atoms with Crippen LogP contribution in [0.2, 0.25) is 5.02 Å². The van der Waals surface area contributed by atoms with E-state index in [1.54, 1.807) is 6.20 Å². The van der Waals surface area contributed by atoms with Crippen molar-refractivity contribution in [3.63, 3.8) is 0 Å². The van der Waals surface area contributed by atoms with E-state index in [-0.39, 0.29) is 0 Å². The van der Waals surface area contributed by atoms with Crippen LogP contribution in [0.5, 0.6) is 0 Å². The van der Waals surface area contributed by atoms with Gasteiger partial charge in [-0.15, -0.1) is 0 Å². The number of nitrogens with one attached hydrogen (secondary N) is 2. The first kappa shape index (κ1) is 17.7. The summed E-state index contributed by atoms with van der Waals surface area (Å²) >= 11 is 15.7. The zero-order valence-corrected chi connectivity index (χ0v) is 15.3. The minimum Gasteiger partial charge on any atom is -0.345 e. The average Bonchev–Trinajstić information content (AvgIpc) is 2.55. The van der Waals surface area contributed by atoms with Crippen LogP contribution in [-0.2, 0) is 0 Å². The van der Waals surface area contributed by atoms with Crippen molar-refractivity contribution in [1.29, 1.82) is 0 Å². The predicted molar refractivity (Wildman–Crippen MR) is 105 cm³/mol. The van der Waals surface area contributed by atoms with Gasteiger partial charge in [0.15, 0.2) is 0 Å². The van der Waals surface area contributed by atoms with Gasteiger partial charge in [-0.2, -0.15) is 17.7 Å². The smallest absolute Gasteiger partial charge is 0.112 e. The molecule has 1 aromatic heterocycles. The molecule has 0 aliphatic carbocycles. The van der Waals surface area contributed by atoms with Gasteiger partial charge in [-0.25, -0.2) is 0 Å². The third-order valence-electron chi connectivity index (χ3n) is 3.09. The van der Waals surface area contributed by atoms with E-state index in [0.717, 1.165) is 28.2 Å². The Kier molecular flexibility index (Phi) is 6.38. The maximum atomic E-state index is 6.21. The van der Waals surface area contributed by atoms with E-state index in [1.165, 1.54) is 0 Å². The molecule has 0 saturated carbocycles. The maximum Gasteiger partial charge on any atom is 0.112 e. The second-order valence-electron chi connectivity index (χ2n) is 4.88. The molecule has 0 fully saturated rings. The van der Waals surface area contributed by atoms with Gasteiger partial charge >= 0.3 is 0 Å². The summed E-state index contributed by atoms with van der Waals surface area (Å²) in [6.45, 7) is 3.87. The number of anilines is 1. The standard InChI is InChI=1S/C16H17ClN4S2/c1-10-3-5-15(13(17)7-10)20-16(23)12-4-6-14(18-8-12)11(2)21-19-9-22/h3-8,19,22H,9H2,1-2H3,(H,20,23). The van der Waals surface area contributed by atoms with Crippen LogP contribution < -0.4 is 10.7 Å². The highest BCUT2D eigenvalue weighted by atomic mass is 35.5. The number of benzene rings is 1. The molecule has 0 aliphatic heterocycles. The zero-order chi connectivity index (χ0) is 16.8. The molecule has 2 rings (SSSR count). The lowest BCUT2D eigenvalue weighted by atomic mass is 10.2. The highest BCUT2D eigenvalue weighted by molar-refractivity contribution is 7.81. The number of hydrogen-bond donors (Lipinski definition) is 3. The quantitative estimate of drug-likeness (QED) is 0.246. The molecule has 23 heavy (non-hydrogen) atoms. The monoisotopic (exact) mass is 364 g/mol. The van der Waals surface area contributed by atoms with Crippen molar-refractivity contribution in [2.24, 2.45) is 5.10 Å². The molecule has 0 amide bonds. The van der Waals surface area contributed by atoms with Crippen molar-refractivity contribution in [3.05, 3.63) is 58.4 Å². The van der Waals surface area contributed by atoms with Crippen molar-refractivity contribution >= 4 is 52.8 Å². The molecule has 0 spiro atoms. The van der Waals surface area contributed by atoms with Crippen LogP contribution in [0.15, 0.2) is 41.6 Å². The third kappa shape index (κ3) is 4.92. The Bertz CT molecular complexity index is 729. The molecule has 1 heterocycles. The van der Waals surface area contributed by atoms with Gasteiger partial charge in [0.25, 0.3) is 0 Å². The summed E-state index contributed by atoms with van der Waals surface area (Å²) in [5.74, 6) is 0.473. The van der Waals surface area contributed by atoms with Gasteiger partial charge in [-0.3, -0.25) is 4.98 Å². The van der Waals surface area contributed by atoms with E-state index < -0.39 is 0 Å². The van der Waals surface area contributed by atoms with Crippen LogP contribution in [0.25, 0.3) is 0 Å². The van der Waals surface area contributed by atoms with Crippen LogP contribution in [0.4, 0.5) is 5.69 Å². The Balaban J connectivity index is 2.11. The van der Waals surface area contributed by atoms with Crippen molar-refractivity contribution in [3.8, 4) is 0 Å². The number of pyridine rings is 1. The summed E-state index contributed by atoms with van der Waals surface area (Å²) in [4.78, 5) is 4.94. The molecular formula is C16H17ClN4S2. The fourth-order valence-corrected chi connectivity index (χ4v) is 2.45. The molecule has 0 saturated heterocycles. The first-order valence-corrected chi connectivity index (χ1v) is 8.35. The van der Waals surface area contributed by atoms with Gasteiger partial charge in [0, 0.05) is 11.8 Å². The molecule has 1 aromatic carbocycles. The lowest BCUT2D eigenvalue weighted by Crippen LogP contribution is -2.13. The van der Waals surface area contributed by atoms with E-state index in [1.807, 2.05) is 44.2 Å². The maximum absolute atomic E-state index is 6.21. The van der Waals surface area contributed by atoms with Gasteiger partial charge in [-0.1, -0.05) is 29.9 Å². The summed E-state index contributed by atoms with van der Waals surface area (Å²) in [5, 5.41) is 7.92. The molecule has 2 aromatic rings. The number of rotatable bonds is 5. The van der Waals surface area contributed by atoms with Crippen molar-refractivity contribution in [1.82, 2.24) is 10.4 Å². The van der Waals surface area contributed by atoms with E-state index in [0.29, 0.717) is 15.9 Å². The zero-order valence-electron chi connectivity index (χ0n) is 12.8. The minimum absolute atomic E-state index is 0.473. The van der Waals surface area contributed by atoms with E-state index in [2.05, 4.69) is 33.5 Å². The normalized spacial score (nSPS) is 11.2. The molecule has 4 nitrogen and oxygen atoms in total. The molecular weight excluding hydrogens is 348 g/mol. The van der Waals surface area contributed by atoms with Crippen molar-refractivity contribution in [2.45, 2.75) is 13.8 Å². The van der Waals surface area contributed by atoms with Crippen LogP contribution in [-0.4, -0.2) is 21.6 Å². The topological polar surface area (TPSA) is 49.3 Å². The Morgan fingerprint density at radius 2 is 2.13 bits per heavy atom. The Labute approximate surface area is 151 Å². The molecule has 2 N–H and O–H groups in total. The van der Waals surface area contributed by atoms with Crippen LogP contribution in [0, 0.1) is 6.92 Å². The molecule has 0 bridgehead atoms. The average molecular weight is 365 g/mol. The van der Waals surface area contributed by atoms with E-state index in [4.69, 9.17) is 23.8 Å². The molecule has 7 heteroatoms. The fourth-order valence-electron chi connectivity index (χ4n) is 1.87. The number of nitrogens with zero attached hydrogens (tertiary/aromatic N) is 2. The summed E-state index contributed by atoms with van der Waals surface area (Å²) in [6, 6.07) is 9.55. The number of aryl methyl sites for hydroxylation is 1. The largest absolute Gasteiger partial charge is 0.345 e. The Morgan fingerprint density at radius 3 is 2.74 bits per heavy atom. The summed E-state index contributed by atoms with van der Waals surface area (Å²) in [6.07, 6.45) is 1.71. The lowest BCUT2D eigenvalue weighted by molar-refractivity contribution is 0.873. The van der Waals surface area contributed by atoms with Crippen LogP contribution >= 0.6 is 36.4 Å². The second-order valence-corrected chi connectivity index (χ2v) is 6.01. The molecule has 0 radical (unpaired) electrons. The number of thiol groups is 1. The lowest BCUT2D eigenvalue weighted by Gasteiger charge is -2.10. The number of thiocarbonyl (C=S) groups is 1. The third-order valence-corrected chi connectivity index (χ3v) is 3.88. The number of halogens is 1. The fraction of sp³-hybridized carbons (Fsp3) is 0.188. The van der Waals surface area contributed by atoms with Gasteiger partial charge in [0.2, 0.25) is 0 Å². The van der Waals surface area contributed by atoms with Gasteiger partial charge in [0.05, 0.1) is 28.0 Å². The number of hydrogen-bond acceptors (Lipinski definition) is 5. The highest BCUT2D eigenvalue weighted by Gasteiger charge is 2.07. The van der Waals surface area contributed by atoms with Crippen LogP contribution in [0.1, 0.15) is 23.7 Å². The van der Waals surface area contributed by atoms with E-state index in [9.17, 15) is 0 Å². The Morgan fingerprint density at radius 1 is 1.35 bits per heavy atom. The number of aromatic nitrogens is 1. The summed E-state index contributed by atoms with van der Waals surface area (Å²) < 4.78 is 0. The summed E-state index contributed by atoms with van der Waals surface area (Å²) in [7, 11) is 0. The van der Waals surface area contributed by atoms with E-state index >= 15 is 0 Å².